The molecule has 5 heteroatoms. The molecule has 0 aliphatic carbocycles. The van der Waals surface area contributed by atoms with Crippen LogP contribution in [0.5, 0.6) is 0 Å². The summed E-state index contributed by atoms with van der Waals surface area (Å²) in [5, 5.41) is 2.32. The van der Waals surface area contributed by atoms with Crippen molar-refractivity contribution < 1.29 is 13.9 Å². The molecule has 0 fully saturated rings. The van der Waals surface area contributed by atoms with E-state index in [2.05, 4.69) is 10.9 Å². The van der Waals surface area contributed by atoms with Crippen molar-refractivity contribution in [3.8, 4) is 12.3 Å². The third-order valence-corrected chi connectivity index (χ3v) is 4.25. The van der Waals surface area contributed by atoms with Gasteiger partial charge >= 0.3 is 5.97 Å². The zero-order chi connectivity index (χ0) is 16.7. The SMILES string of the molecule is C#CCC[C@H](CC)OC(=O)c1csc(Cc2ccccc2F)n1. The highest BCUT2D eigenvalue weighted by Gasteiger charge is 2.17. The van der Waals surface area contributed by atoms with E-state index in [0.717, 1.165) is 0 Å². The Morgan fingerprint density at radius 1 is 1.48 bits per heavy atom. The van der Waals surface area contributed by atoms with E-state index in [4.69, 9.17) is 11.2 Å². The van der Waals surface area contributed by atoms with Crippen molar-refractivity contribution in [2.75, 3.05) is 0 Å². The fraction of sp³-hybridized carbons (Fsp3) is 0.333. The maximum atomic E-state index is 13.6. The van der Waals surface area contributed by atoms with Crippen LogP contribution in [-0.4, -0.2) is 17.1 Å². The molecule has 1 heterocycles. The average molecular weight is 331 g/mol. The van der Waals surface area contributed by atoms with Gasteiger partial charge in [0.2, 0.25) is 0 Å². The second kappa shape index (κ2) is 8.44. The molecule has 3 nitrogen and oxygen atoms in total. The number of carbonyl (C=O) groups excluding carboxylic acids is 1. The first kappa shape index (κ1) is 17.2. The molecule has 0 unspecified atom stereocenters. The van der Waals surface area contributed by atoms with Gasteiger partial charge in [-0.1, -0.05) is 25.1 Å². The fourth-order valence-electron chi connectivity index (χ4n) is 2.09. The number of hydrogen-bond acceptors (Lipinski definition) is 4. The van der Waals surface area contributed by atoms with Gasteiger partial charge in [-0.3, -0.25) is 0 Å². The predicted molar refractivity (Wildman–Crippen MR) is 88.9 cm³/mol. The molecule has 23 heavy (non-hydrogen) atoms. The zero-order valence-corrected chi connectivity index (χ0v) is 13.7. The molecule has 1 atom stereocenters. The van der Waals surface area contributed by atoms with Crippen molar-refractivity contribution in [3.05, 3.63) is 51.7 Å². The number of ether oxygens (including phenoxy) is 1. The van der Waals surface area contributed by atoms with Gasteiger partial charge in [-0.2, -0.15) is 0 Å². The number of nitrogens with zero attached hydrogens (tertiary/aromatic N) is 1. The Labute approximate surface area is 139 Å². The average Bonchev–Trinajstić information content (AvgIpc) is 3.02. The molecule has 1 aromatic carbocycles. The number of hydrogen-bond donors (Lipinski definition) is 0. The van der Waals surface area contributed by atoms with Gasteiger partial charge < -0.3 is 4.74 Å². The van der Waals surface area contributed by atoms with E-state index in [1.54, 1.807) is 23.6 Å². The number of rotatable bonds is 7. The number of benzene rings is 1. The molecule has 2 rings (SSSR count). The lowest BCUT2D eigenvalue weighted by Crippen LogP contribution is -2.17. The summed E-state index contributed by atoms with van der Waals surface area (Å²) in [4.78, 5) is 16.4. The van der Waals surface area contributed by atoms with Crippen LogP contribution in [0.2, 0.25) is 0 Å². The molecule has 0 saturated carbocycles. The number of thiazole rings is 1. The number of terminal acetylenes is 1. The van der Waals surface area contributed by atoms with Crippen molar-refractivity contribution >= 4 is 17.3 Å². The standard InChI is InChI=1S/C18H18FNO2S/c1-3-5-9-14(4-2)22-18(21)16-12-23-17(20-16)11-13-8-6-7-10-15(13)19/h1,6-8,10,12,14H,4-5,9,11H2,2H3/t14-/m0/s1. The minimum atomic E-state index is -0.454. The van der Waals surface area contributed by atoms with Crippen LogP contribution in [0.1, 0.15) is 47.2 Å². The molecule has 0 amide bonds. The normalized spacial score (nSPS) is 11.7. The summed E-state index contributed by atoms with van der Waals surface area (Å²) in [7, 11) is 0. The second-order valence-corrected chi connectivity index (χ2v) is 6.02. The Morgan fingerprint density at radius 3 is 2.96 bits per heavy atom. The molecule has 2 aromatic rings. The zero-order valence-electron chi connectivity index (χ0n) is 12.9. The van der Waals surface area contributed by atoms with E-state index in [1.165, 1.54) is 17.4 Å². The maximum Gasteiger partial charge on any atom is 0.358 e. The molecule has 0 radical (unpaired) electrons. The van der Waals surface area contributed by atoms with E-state index < -0.39 is 5.97 Å². The van der Waals surface area contributed by atoms with Crippen molar-refractivity contribution in [2.45, 2.75) is 38.7 Å². The van der Waals surface area contributed by atoms with Gasteiger partial charge in [-0.15, -0.1) is 23.7 Å². The third-order valence-electron chi connectivity index (χ3n) is 3.40. The molecule has 0 bridgehead atoms. The molecule has 1 aromatic heterocycles. The molecule has 0 N–H and O–H groups in total. The first-order valence-electron chi connectivity index (χ1n) is 7.46. The summed E-state index contributed by atoms with van der Waals surface area (Å²) >= 11 is 1.32. The Bertz CT molecular complexity index is 705. The van der Waals surface area contributed by atoms with Gasteiger partial charge in [-0.05, 0) is 24.5 Å². The molecule has 0 aliphatic rings. The summed E-state index contributed by atoms with van der Waals surface area (Å²) < 4.78 is 19.1. The van der Waals surface area contributed by atoms with E-state index in [1.807, 2.05) is 6.92 Å². The minimum absolute atomic E-state index is 0.199. The van der Waals surface area contributed by atoms with Crippen molar-refractivity contribution in [2.24, 2.45) is 0 Å². The maximum absolute atomic E-state index is 13.6. The minimum Gasteiger partial charge on any atom is -0.458 e. The molecular formula is C18H18FNO2S. The molecule has 0 spiro atoms. The second-order valence-electron chi connectivity index (χ2n) is 5.07. The van der Waals surface area contributed by atoms with Crippen LogP contribution in [0, 0.1) is 18.2 Å². The summed E-state index contributed by atoms with van der Waals surface area (Å²) in [5.41, 5.74) is 0.822. The van der Waals surface area contributed by atoms with Crippen LogP contribution in [0.15, 0.2) is 29.6 Å². The highest BCUT2D eigenvalue weighted by molar-refractivity contribution is 7.09. The monoisotopic (exact) mass is 331 g/mol. The number of halogens is 1. The summed E-state index contributed by atoms with van der Waals surface area (Å²) in [6.45, 7) is 1.94. The van der Waals surface area contributed by atoms with Crippen LogP contribution < -0.4 is 0 Å². The Balaban J connectivity index is 2.00. The van der Waals surface area contributed by atoms with E-state index in [0.29, 0.717) is 36.3 Å². The lowest BCUT2D eigenvalue weighted by molar-refractivity contribution is 0.0270. The van der Waals surface area contributed by atoms with E-state index >= 15 is 0 Å². The third kappa shape index (κ3) is 4.90. The van der Waals surface area contributed by atoms with Crippen LogP contribution in [0.3, 0.4) is 0 Å². The van der Waals surface area contributed by atoms with Crippen LogP contribution in [-0.2, 0) is 11.2 Å². The Kier molecular flexibility index (Phi) is 6.30. The summed E-state index contributed by atoms with van der Waals surface area (Å²) in [6.07, 6.45) is 7.31. The van der Waals surface area contributed by atoms with E-state index in [9.17, 15) is 9.18 Å². The number of esters is 1. The van der Waals surface area contributed by atoms with Crippen molar-refractivity contribution in [1.82, 2.24) is 4.98 Å². The fourth-order valence-corrected chi connectivity index (χ4v) is 2.88. The van der Waals surface area contributed by atoms with Gasteiger partial charge in [0.15, 0.2) is 5.69 Å². The first-order chi connectivity index (χ1) is 11.1. The molecule has 0 aliphatic heterocycles. The molecular weight excluding hydrogens is 313 g/mol. The van der Waals surface area contributed by atoms with Gasteiger partial charge in [-0.25, -0.2) is 14.2 Å². The van der Waals surface area contributed by atoms with Gasteiger partial charge in [0.25, 0.3) is 0 Å². The van der Waals surface area contributed by atoms with Crippen LogP contribution in [0.4, 0.5) is 4.39 Å². The van der Waals surface area contributed by atoms with Crippen molar-refractivity contribution in [3.63, 3.8) is 0 Å². The molecule has 0 saturated heterocycles. The lowest BCUT2D eigenvalue weighted by atomic mass is 10.1. The lowest BCUT2D eigenvalue weighted by Gasteiger charge is -2.13. The van der Waals surface area contributed by atoms with E-state index in [-0.39, 0.29) is 17.6 Å². The number of carbonyl (C=O) groups is 1. The van der Waals surface area contributed by atoms with Gasteiger partial charge in [0.1, 0.15) is 11.9 Å². The van der Waals surface area contributed by atoms with Crippen molar-refractivity contribution in [1.29, 1.82) is 0 Å². The van der Waals surface area contributed by atoms with Gasteiger partial charge in [0, 0.05) is 18.2 Å². The predicted octanol–water partition coefficient (Wildman–Crippen LogP) is 4.22. The van der Waals surface area contributed by atoms with Crippen LogP contribution in [0.25, 0.3) is 0 Å². The van der Waals surface area contributed by atoms with Crippen LogP contribution >= 0.6 is 11.3 Å². The molecule has 120 valence electrons. The largest absolute Gasteiger partial charge is 0.458 e. The topological polar surface area (TPSA) is 39.2 Å². The Morgan fingerprint density at radius 2 is 2.26 bits per heavy atom. The Hall–Kier alpha value is -2.19. The highest BCUT2D eigenvalue weighted by atomic mass is 32.1. The summed E-state index contributed by atoms with van der Waals surface area (Å²) in [5.74, 6) is 1.82. The highest BCUT2D eigenvalue weighted by Crippen LogP contribution is 2.18. The number of aromatic nitrogens is 1. The summed E-state index contributed by atoms with van der Waals surface area (Å²) in [6, 6.07) is 6.54. The quantitative estimate of drug-likeness (QED) is 0.563. The first-order valence-corrected chi connectivity index (χ1v) is 8.34. The van der Waals surface area contributed by atoms with Gasteiger partial charge in [0.05, 0.1) is 5.01 Å². The smallest absolute Gasteiger partial charge is 0.358 e.